The van der Waals surface area contributed by atoms with Crippen LogP contribution in [0.2, 0.25) is 0 Å². The Labute approximate surface area is 110 Å². The average Bonchev–Trinajstić information content (AvgIpc) is 2.46. The van der Waals surface area contributed by atoms with Gasteiger partial charge in [0, 0.05) is 5.56 Å². The predicted molar refractivity (Wildman–Crippen MR) is 70.6 cm³/mol. The molecule has 0 aliphatic carbocycles. The molecule has 0 unspecified atom stereocenters. The van der Waals surface area contributed by atoms with Crippen LogP contribution in [0.15, 0.2) is 36.5 Å². The molecular weight excluding hydrogens is 244 g/mol. The molecule has 1 heterocycles. The molecule has 0 radical (unpaired) electrons. The fraction of sp³-hybridized carbons (Fsp3) is 0.154. The molecule has 0 bridgehead atoms. The molecule has 3 N–H and O–H groups in total. The van der Waals surface area contributed by atoms with E-state index in [-0.39, 0.29) is 18.3 Å². The number of rotatable bonds is 4. The van der Waals surface area contributed by atoms with Crippen molar-refractivity contribution in [3.63, 3.8) is 0 Å². The zero-order valence-electron chi connectivity index (χ0n) is 10.5. The Morgan fingerprint density at radius 2 is 2.11 bits per heavy atom. The van der Waals surface area contributed by atoms with Gasteiger partial charge in [0.25, 0.3) is 5.91 Å². The number of hydrogen-bond donors (Lipinski definition) is 2. The molecule has 6 heteroatoms. The molecule has 0 atom stereocenters. The highest BCUT2D eigenvalue weighted by atomic mass is 16.5. The van der Waals surface area contributed by atoms with Crippen molar-refractivity contribution < 1.29 is 9.53 Å². The van der Waals surface area contributed by atoms with Gasteiger partial charge in [-0.2, -0.15) is 4.98 Å². The summed E-state index contributed by atoms with van der Waals surface area (Å²) in [4.78, 5) is 19.9. The van der Waals surface area contributed by atoms with Crippen molar-refractivity contribution in [1.29, 1.82) is 0 Å². The first-order chi connectivity index (χ1) is 9.20. The zero-order chi connectivity index (χ0) is 13.7. The SMILES string of the molecule is COc1nc(N)cnc1CNC(=O)c1ccccc1. The maximum atomic E-state index is 11.9. The number of nitrogens with two attached hydrogens (primary N) is 1. The molecule has 0 saturated carbocycles. The van der Waals surface area contributed by atoms with Gasteiger partial charge in [-0.15, -0.1) is 0 Å². The van der Waals surface area contributed by atoms with Crippen molar-refractivity contribution in [1.82, 2.24) is 15.3 Å². The third-order valence-corrected chi connectivity index (χ3v) is 2.48. The second-order valence-electron chi connectivity index (χ2n) is 3.80. The molecule has 1 aromatic heterocycles. The topological polar surface area (TPSA) is 90.1 Å². The van der Waals surface area contributed by atoms with E-state index in [0.29, 0.717) is 17.1 Å². The Kier molecular flexibility index (Phi) is 3.92. The smallest absolute Gasteiger partial charge is 0.251 e. The summed E-state index contributed by atoms with van der Waals surface area (Å²) in [5.41, 5.74) is 6.63. The second-order valence-corrected chi connectivity index (χ2v) is 3.80. The number of hydrogen-bond acceptors (Lipinski definition) is 5. The van der Waals surface area contributed by atoms with Crippen molar-refractivity contribution >= 4 is 11.7 Å². The van der Waals surface area contributed by atoms with Gasteiger partial charge < -0.3 is 15.8 Å². The van der Waals surface area contributed by atoms with Gasteiger partial charge in [-0.25, -0.2) is 4.98 Å². The van der Waals surface area contributed by atoms with Crippen molar-refractivity contribution in [2.24, 2.45) is 0 Å². The van der Waals surface area contributed by atoms with E-state index in [4.69, 9.17) is 10.5 Å². The molecule has 1 aromatic carbocycles. The third-order valence-electron chi connectivity index (χ3n) is 2.48. The molecule has 0 aliphatic rings. The lowest BCUT2D eigenvalue weighted by atomic mass is 10.2. The minimum absolute atomic E-state index is 0.179. The Hall–Kier alpha value is -2.63. The van der Waals surface area contributed by atoms with Crippen molar-refractivity contribution in [3.8, 4) is 5.88 Å². The lowest BCUT2D eigenvalue weighted by Gasteiger charge is -2.08. The normalized spacial score (nSPS) is 9.95. The predicted octanol–water partition coefficient (Wildman–Crippen LogP) is 0.997. The third kappa shape index (κ3) is 3.19. The number of anilines is 1. The number of amides is 1. The summed E-state index contributed by atoms with van der Waals surface area (Å²) >= 11 is 0. The molecule has 98 valence electrons. The number of benzene rings is 1. The van der Waals surface area contributed by atoms with Crippen LogP contribution in [-0.2, 0) is 6.54 Å². The zero-order valence-corrected chi connectivity index (χ0v) is 10.5. The van der Waals surface area contributed by atoms with Crippen molar-refractivity contribution in [3.05, 3.63) is 47.8 Å². The second kappa shape index (κ2) is 5.81. The van der Waals surface area contributed by atoms with Gasteiger partial charge in [0.1, 0.15) is 11.5 Å². The highest BCUT2D eigenvalue weighted by Crippen LogP contribution is 2.13. The van der Waals surface area contributed by atoms with Gasteiger partial charge >= 0.3 is 0 Å². The van der Waals surface area contributed by atoms with Crippen LogP contribution in [0.3, 0.4) is 0 Å². The van der Waals surface area contributed by atoms with E-state index >= 15 is 0 Å². The first-order valence-electron chi connectivity index (χ1n) is 5.69. The van der Waals surface area contributed by atoms with Gasteiger partial charge in [-0.3, -0.25) is 4.79 Å². The molecule has 6 nitrogen and oxygen atoms in total. The molecule has 2 rings (SSSR count). The van der Waals surface area contributed by atoms with Gasteiger partial charge in [0.05, 0.1) is 19.9 Å². The monoisotopic (exact) mass is 258 g/mol. The number of carbonyl (C=O) groups is 1. The molecule has 0 saturated heterocycles. The van der Waals surface area contributed by atoms with Gasteiger partial charge in [0.15, 0.2) is 0 Å². The van der Waals surface area contributed by atoms with E-state index in [1.807, 2.05) is 6.07 Å². The van der Waals surface area contributed by atoms with E-state index in [9.17, 15) is 4.79 Å². The fourth-order valence-electron chi connectivity index (χ4n) is 1.55. The number of carbonyl (C=O) groups excluding carboxylic acids is 1. The van der Waals surface area contributed by atoms with E-state index in [2.05, 4.69) is 15.3 Å². The number of nitrogen functional groups attached to an aromatic ring is 1. The average molecular weight is 258 g/mol. The Bertz CT molecular complexity index is 572. The number of aromatic nitrogens is 2. The Morgan fingerprint density at radius 3 is 2.79 bits per heavy atom. The summed E-state index contributed by atoms with van der Waals surface area (Å²) in [6.45, 7) is 0.226. The van der Waals surface area contributed by atoms with Crippen LogP contribution in [-0.4, -0.2) is 23.0 Å². The van der Waals surface area contributed by atoms with E-state index < -0.39 is 0 Å². The van der Waals surface area contributed by atoms with Crippen LogP contribution in [0.5, 0.6) is 5.88 Å². The number of ether oxygens (including phenoxy) is 1. The maximum absolute atomic E-state index is 11.9. The van der Waals surface area contributed by atoms with E-state index in [1.54, 1.807) is 24.3 Å². The first-order valence-corrected chi connectivity index (χ1v) is 5.69. The van der Waals surface area contributed by atoms with Crippen LogP contribution < -0.4 is 15.8 Å². The van der Waals surface area contributed by atoms with Crippen molar-refractivity contribution in [2.45, 2.75) is 6.54 Å². The van der Waals surface area contributed by atoms with Gasteiger partial charge in [-0.05, 0) is 12.1 Å². The standard InChI is InChI=1S/C13H14N4O2/c1-19-13-10(15-8-11(14)17-13)7-16-12(18)9-5-3-2-4-6-9/h2-6,8H,7H2,1H3,(H2,14,17)(H,16,18). The van der Waals surface area contributed by atoms with Crippen LogP contribution >= 0.6 is 0 Å². The summed E-state index contributed by atoms with van der Waals surface area (Å²) < 4.78 is 5.06. The molecular formula is C13H14N4O2. The number of nitrogens with zero attached hydrogens (tertiary/aromatic N) is 2. The minimum Gasteiger partial charge on any atom is -0.480 e. The summed E-state index contributed by atoms with van der Waals surface area (Å²) in [6.07, 6.45) is 1.42. The summed E-state index contributed by atoms with van der Waals surface area (Å²) in [5.74, 6) is 0.407. The molecule has 0 aliphatic heterocycles. The van der Waals surface area contributed by atoms with Gasteiger partial charge in [0.2, 0.25) is 5.88 Å². The summed E-state index contributed by atoms with van der Waals surface area (Å²) in [6, 6.07) is 8.94. The first kappa shape index (κ1) is 12.8. The summed E-state index contributed by atoms with van der Waals surface area (Å²) in [7, 11) is 1.48. The number of nitrogens with one attached hydrogen (secondary N) is 1. The maximum Gasteiger partial charge on any atom is 0.251 e. The highest BCUT2D eigenvalue weighted by Gasteiger charge is 2.09. The molecule has 0 fully saturated rings. The van der Waals surface area contributed by atoms with Gasteiger partial charge in [-0.1, -0.05) is 18.2 Å². The minimum atomic E-state index is -0.179. The van der Waals surface area contributed by atoms with Crippen LogP contribution in [0, 0.1) is 0 Å². The summed E-state index contributed by atoms with van der Waals surface area (Å²) in [5, 5.41) is 2.75. The van der Waals surface area contributed by atoms with Crippen LogP contribution in [0.4, 0.5) is 5.82 Å². The molecule has 2 aromatic rings. The molecule has 1 amide bonds. The molecule has 19 heavy (non-hydrogen) atoms. The molecule has 0 spiro atoms. The van der Waals surface area contributed by atoms with Crippen LogP contribution in [0.1, 0.15) is 16.1 Å². The number of methoxy groups -OCH3 is 1. The lowest BCUT2D eigenvalue weighted by molar-refractivity contribution is 0.0950. The highest BCUT2D eigenvalue weighted by molar-refractivity contribution is 5.94. The Morgan fingerprint density at radius 1 is 1.37 bits per heavy atom. The fourth-order valence-corrected chi connectivity index (χ4v) is 1.55. The van der Waals surface area contributed by atoms with Crippen molar-refractivity contribution in [2.75, 3.05) is 12.8 Å². The largest absolute Gasteiger partial charge is 0.480 e. The Balaban J connectivity index is 2.05. The lowest BCUT2D eigenvalue weighted by Crippen LogP contribution is -2.23. The quantitative estimate of drug-likeness (QED) is 0.853. The van der Waals surface area contributed by atoms with E-state index in [0.717, 1.165) is 0 Å². The van der Waals surface area contributed by atoms with E-state index in [1.165, 1.54) is 13.3 Å². The van der Waals surface area contributed by atoms with Crippen LogP contribution in [0.25, 0.3) is 0 Å².